The van der Waals surface area contributed by atoms with Crippen LogP contribution < -0.4 is 4.72 Å². The van der Waals surface area contributed by atoms with Gasteiger partial charge in [0.1, 0.15) is 6.04 Å². The number of carboxylic acid groups (broad SMARTS) is 1. The minimum absolute atomic E-state index is 0.0179. The first-order chi connectivity index (χ1) is 7.14. The van der Waals surface area contributed by atoms with Gasteiger partial charge < -0.3 is 5.11 Å². The van der Waals surface area contributed by atoms with Crippen molar-refractivity contribution in [2.24, 2.45) is 0 Å². The van der Waals surface area contributed by atoms with E-state index in [0.717, 1.165) is 0 Å². The van der Waals surface area contributed by atoms with E-state index in [2.05, 4.69) is 0 Å². The maximum Gasteiger partial charge on any atom is 0.321 e. The first-order valence-electron chi connectivity index (χ1n) is 4.58. The summed E-state index contributed by atoms with van der Waals surface area (Å²) < 4.78 is 47.3. The zero-order valence-electron chi connectivity index (χ0n) is 8.58. The van der Waals surface area contributed by atoms with Crippen LogP contribution in [0.3, 0.4) is 0 Å². The fourth-order valence-electron chi connectivity index (χ4n) is 1.40. The van der Waals surface area contributed by atoms with Crippen LogP contribution >= 0.6 is 0 Å². The number of hydrogen-bond donors (Lipinski definition) is 2. The molecule has 1 rings (SSSR count). The van der Waals surface area contributed by atoms with Crippen molar-refractivity contribution in [2.75, 3.05) is 11.5 Å². The average molecular weight is 271 g/mol. The number of sulfonamides is 1. The van der Waals surface area contributed by atoms with Crippen molar-refractivity contribution in [3.05, 3.63) is 0 Å². The number of carboxylic acids is 1. The Morgan fingerprint density at radius 3 is 2.44 bits per heavy atom. The molecule has 94 valence electrons. The molecule has 1 saturated heterocycles. The molecule has 0 aromatic heterocycles. The molecule has 1 heterocycles. The first-order valence-corrected chi connectivity index (χ1v) is 7.95. The Labute approximate surface area is 93.8 Å². The van der Waals surface area contributed by atoms with Gasteiger partial charge in [0.15, 0.2) is 9.84 Å². The summed E-state index contributed by atoms with van der Waals surface area (Å²) in [5.41, 5.74) is 0. The zero-order chi connectivity index (χ0) is 12.6. The summed E-state index contributed by atoms with van der Waals surface area (Å²) in [6.45, 7) is 1.18. The van der Waals surface area contributed by atoms with E-state index in [9.17, 15) is 21.6 Å². The molecule has 9 heteroatoms. The van der Waals surface area contributed by atoms with Crippen molar-refractivity contribution >= 4 is 25.8 Å². The Balaban J connectivity index is 2.77. The Morgan fingerprint density at radius 2 is 2.06 bits per heavy atom. The second-order valence-corrected chi connectivity index (χ2v) is 7.97. The van der Waals surface area contributed by atoms with Crippen molar-refractivity contribution in [2.45, 2.75) is 24.6 Å². The minimum Gasteiger partial charge on any atom is -0.480 e. The van der Waals surface area contributed by atoms with Gasteiger partial charge in [-0.2, -0.15) is 0 Å². The van der Waals surface area contributed by atoms with Crippen molar-refractivity contribution in [3.63, 3.8) is 0 Å². The van der Waals surface area contributed by atoms with E-state index in [1.54, 1.807) is 0 Å². The smallest absolute Gasteiger partial charge is 0.321 e. The molecule has 0 saturated carbocycles. The number of rotatable bonds is 4. The molecule has 1 aliphatic rings. The molecule has 0 spiro atoms. The van der Waals surface area contributed by atoms with Gasteiger partial charge in [0.25, 0.3) is 0 Å². The normalized spacial score (nSPS) is 26.4. The third kappa shape index (κ3) is 3.16. The summed E-state index contributed by atoms with van der Waals surface area (Å²) in [5.74, 6) is -1.90. The SMILES string of the molecule is CC(NS(=O)(=O)C1CCS(=O)(=O)C1)C(=O)O. The maximum atomic E-state index is 11.6. The highest BCUT2D eigenvalue weighted by molar-refractivity contribution is 7.95. The number of hydrogen-bond acceptors (Lipinski definition) is 5. The highest BCUT2D eigenvalue weighted by Gasteiger charge is 2.38. The lowest BCUT2D eigenvalue weighted by molar-refractivity contribution is -0.138. The van der Waals surface area contributed by atoms with Gasteiger partial charge in [-0.05, 0) is 13.3 Å². The number of nitrogens with one attached hydrogen (secondary N) is 1. The molecule has 1 aliphatic heterocycles. The molecule has 0 aromatic carbocycles. The second kappa shape index (κ2) is 4.30. The molecule has 2 atom stereocenters. The van der Waals surface area contributed by atoms with Crippen LogP contribution in [0.2, 0.25) is 0 Å². The summed E-state index contributed by atoms with van der Waals surface area (Å²) in [4.78, 5) is 10.5. The van der Waals surface area contributed by atoms with Gasteiger partial charge in [-0.1, -0.05) is 0 Å². The molecule has 1 fully saturated rings. The van der Waals surface area contributed by atoms with Gasteiger partial charge in [-0.3, -0.25) is 4.79 Å². The largest absolute Gasteiger partial charge is 0.480 e. The monoisotopic (exact) mass is 271 g/mol. The van der Waals surface area contributed by atoms with E-state index in [-0.39, 0.29) is 12.2 Å². The van der Waals surface area contributed by atoms with Crippen LogP contribution in [0.15, 0.2) is 0 Å². The highest BCUT2D eigenvalue weighted by Crippen LogP contribution is 2.18. The number of sulfone groups is 1. The Morgan fingerprint density at radius 1 is 1.50 bits per heavy atom. The summed E-state index contributed by atoms with van der Waals surface area (Å²) in [6.07, 6.45) is 0.0179. The third-order valence-electron chi connectivity index (χ3n) is 2.34. The van der Waals surface area contributed by atoms with E-state index in [4.69, 9.17) is 5.11 Å². The van der Waals surface area contributed by atoms with Gasteiger partial charge in [-0.25, -0.2) is 21.6 Å². The van der Waals surface area contributed by atoms with E-state index >= 15 is 0 Å². The standard InChI is InChI=1S/C7H13NO6S2/c1-5(7(9)10)8-16(13,14)6-2-3-15(11,12)4-6/h5-6,8H,2-4H2,1H3,(H,9,10). The maximum absolute atomic E-state index is 11.6. The summed E-state index contributed by atoms with van der Waals surface area (Å²) >= 11 is 0. The molecule has 0 bridgehead atoms. The van der Waals surface area contributed by atoms with Crippen molar-refractivity contribution < 1.29 is 26.7 Å². The van der Waals surface area contributed by atoms with Crippen molar-refractivity contribution in [1.82, 2.24) is 4.72 Å². The Kier molecular flexibility index (Phi) is 3.60. The molecular formula is C7H13NO6S2. The van der Waals surface area contributed by atoms with Crippen LogP contribution in [0.25, 0.3) is 0 Å². The van der Waals surface area contributed by atoms with Crippen molar-refractivity contribution in [3.8, 4) is 0 Å². The lowest BCUT2D eigenvalue weighted by Crippen LogP contribution is -2.43. The van der Waals surface area contributed by atoms with Crippen LogP contribution in [0, 0.1) is 0 Å². The van der Waals surface area contributed by atoms with E-state index in [1.807, 2.05) is 4.72 Å². The predicted octanol–water partition coefficient (Wildman–Crippen LogP) is -1.43. The van der Waals surface area contributed by atoms with E-state index in [1.165, 1.54) is 6.92 Å². The lowest BCUT2D eigenvalue weighted by atomic mass is 10.4. The van der Waals surface area contributed by atoms with Crippen molar-refractivity contribution in [1.29, 1.82) is 0 Å². The van der Waals surface area contributed by atoms with E-state index in [0.29, 0.717) is 0 Å². The zero-order valence-corrected chi connectivity index (χ0v) is 10.2. The van der Waals surface area contributed by atoms with Gasteiger partial charge >= 0.3 is 5.97 Å². The molecule has 2 N–H and O–H groups in total. The lowest BCUT2D eigenvalue weighted by Gasteiger charge is -2.13. The van der Waals surface area contributed by atoms with Crippen LogP contribution in [0.4, 0.5) is 0 Å². The summed E-state index contributed by atoms with van der Waals surface area (Å²) in [5, 5.41) is 7.50. The summed E-state index contributed by atoms with van der Waals surface area (Å²) in [7, 11) is -7.19. The Bertz CT molecular complexity index is 479. The Hall–Kier alpha value is -0.670. The van der Waals surface area contributed by atoms with Crippen LogP contribution in [0.5, 0.6) is 0 Å². The predicted molar refractivity (Wildman–Crippen MR) is 56.2 cm³/mol. The quantitative estimate of drug-likeness (QED) is 0.647. The van der Waals surface area contributed by atoms with E-state index < -0.39 is 42.9 Å². The van der Waals surface area contributed by atoms with Crippen LogP contribution in [0.1, 0.15) is 13.3 Å². The van der Waals surface area contributed by atoms with Gasteiger partial charge in [-0.15, -0.1) is 0 Å². The average Bonchev–Trinajstić information content (AvgIpc) is 2.45. The second-order valence-electron chi connectivity index (χ2n) is 3.75. The minimum atomic E-state index is -3.89. The van der Waals surface area contributed by atoms with Crippen LogP contribution in [-0.2, 0) is 24.7 Å². The summed E-state index contributed by atoms with van der Waals surface area (Å²) in [6, 6.07) is -1.26. The molecule has 0 amide bonds. The number of aliphatic carboxylic acids is 1. The molecular weight excluding hydrogens is 258 g/mol. The van der Waals surface area contributed by atoms with Gasteiger partial charge in [0, 0.05) is 0 Å². The molecule has 16 heavy (non-hydrogen) atoms. The third-order valence-corrected chi connectivity index (χ3v) is 6.28. The molecule has 7 nitrogen and oxygen atoms in total. The fraction of sp³-hybridized carbons (Fsp3) is 0.857. The highest BCUT2D eigenvalue weighted by atomic mass is 32.2. The number of carbonyl (C=O) groups is 1. The first kappa shape index (κ1) is 13.4. The molecule has 2 unspecified atom stereocenters. The van der Waals surface area contributed by atoms with Gasteiger partial charge in [0.05, 0.1) is 16.8 Å². The van der Waals surface area contributed by atoms with Crippen LogP contribution in [-0.4, -0.2) is 50.7 Å². The molecule has 0 aromatic rings. The van der Waals surface area contributed by atoms with Gasteiger partial charge in [0.2, 0.25) is 10.0 Å². The molecule has 0 radical (unpaired) electrons. The molecule has 0 aliphatic carbocycles. The fourth-order valence-corrected chi connectivity index (χ4v) is 5.64. The topological polar surface area (TPSA) is 118 Å².